The highest BCUT2D eigenvalue weighted by molar-refractivity contribution is 6.00. The summed E-state index contributed by atoms with van der Waals surface area (Å²) in [5.41, 5.74) is 6.38. The Kier molecular flexibility index (Phi) is 18.8. The van der Waals surface area contributed by atoms with Gasteiger partial charge in [-0.3, -0.25) is 38.4 Å². The molecule has 19 nitrogen and oxygen atoms in total. The fourth-order valence-corrected chi connectivity index (χ4v) is 5.81. The molecule has 5 unspecified atom stereocenters. The first-order valence-corrected chi connectivity index (χ1v) is 18.7. The molecule has 57 heavy (non-hydrogen) atoms. The Morgan fingerprint density at radius 2 is 1.16 bits per heavy atom. The lowest BCUT2D eigenvalue weighted by atomic mass is 9.98. The van der Waals surface area contributed by atoms with Crippen LogP contribution in [0.2, 0.25) is 0 Å². The molecular formula is C38H55N7O12. The maximum atomic E-state index is 13.8. The number of unbranched alkanes of at least 4 members (excludes halogenated alkanes) is 1. The second kappa shape index (κ2) is 22.6. The minimum Gasteiger partial charge on any atom is -0.481 e. The monoisotopic (exact) mass is 801 g/mol. The third-order valence-electron chi connectivity index (χ3n) is 8.91. The van der Waals surface area contributed by atoms with E-state index in [2.05, 4.69) is 31.9 Å². The van der Waals surface area contributed by atoms with E-state index in [9.17, 15) is 48.3 Å². The van der Waals surface area contributed by atoms with Crippen LogP contribution in [-0.4, -0.2) is 94.3 Å². The van der Waals surface area contributed by atoms with E-state index in [1.165, 1.54) is 12.1 Å². The Labute approximate surface area is 329 Å². The van der Waals surface area contributed by atoms with Gasteiger partial charge in [-0.1, -0.05) is 27.7 Å². The van der Waals surface area contributed by atoms with Crippen molar-refractivity contribution in [2.45, 2.75) is 117 Å². The van der Waals surface area contributed by atoms with E-state index < -0.39 is 114 Å². The van der Waals surface area contributed by atoms with Gasteiger partial charge in [-0.05, 0) is 75.1 Å². The number of hydrogen-bond acceptors (Lipinski definition) is 11. The van der Waals surface area contributed by atoms with Crippen LogP contribution in [0.4, 0.5) is 5.69 Å². The van der Waals surface area contributed by atoms with Gasteiger partial charge in [-0.25, -0.2) is 4.79 Å². The van der Waals surface area contributed by atoms with Crippen LogP contribution in [0.15, 0.2) is 33.5 Å². The summed E-state index contributed by atoms with van der Waals surface area (Å²) >= 11 is 0. The van der Waals surface area contributed by atoms with E-state index in [-0.39, 0.29) is 18.4 Å². The highest BCUT2D eigenvalue weighted by atomic mass is 16.4. The molecule has 1 heterocycles. The summed E-state index contributed by atoms with van der Waals surface area (Å²) in [6.07, 6.45) is -0.554. The summed E-state index contributed by atoms with van der Waals surface area (Å²) in [6.45, 7) is 9.75. The number of anilines is 1. The lowest BCUT2D eigenvalue weighted by Crippen LogP contribution is -2.60. The summed E-state index contributed by atoms with van der Waals surface area (Å²) in [6, 6.07) is -0.270. The number of nitrogens with one attached hydrogen (secondary N) is 6. The summed E-state index contributed by atoms with van der Waals surface area (Å²) in [7, 11) is 0. The Bertz CT molecular complexity index is 1840. The average molecular weight is 802 g/mol. The largest absolute Gasteiger partial charge is 0.481 e. The van der Waals surface area contributed by atoms with Crippen LogP contribution < -0.4 is 43.3 Å². The quantitative estimate of drug-likeness (QED) is 0.0552. The Morgan fingerprint density at radius 3 is 1.68 bits per heavy atom. The molecule has 1 aromatic carbocycles. The molecule has 19 heteroatoms. The van der Waals surface area contributed by atoms with Crippen molar-refractivity contribution in [1.29, 1.82) is 0 Å². The van der Waals surface area contributed by atoms with Crippen molar-refractivity contribution in [3.63, 3.8) is 0 Å². The number of hydrogen-bond donors (Lipinski definition) is 9. The molecule has 6 amide bonds. The average Bonchev–Trinajstić information content (AvgIpc) is 3.11. The molecule has 0 saturated heterocycles. The van der Waals surface area contributed by atoms with E-state index in [0.29, 0.717) is 36.0 Å². The number of amides is 6. The second-order valence-electron chi connectivity index (χ2n) is 14.4. The molecule has 2 rings (SSSR count). The maximum absolute atomic E-state index is 13.8. The van der Waals surface area contributed by atoms with Crippen molar-refractivity contribution in [2.24, 2.45) is 17.6 Å². The first-order valence-electron chi connectivity index (χ1n) is 18.7. The lowest BCUT2D eigenvalue weighted by Gasteiger charge is -2.29. The van der Waals surface area contributed by atoms with Crippen LogP contribution in [0.25, 0.3) is 11.0 Å². The van der Waals surface area contributed by atoms with Crippen LogP contribution in [0.3, 0.4) is 0 Å². The molecule has 0 aliphatic rings. The van der Waals surface area contributed by atoms with Crippen molar-refractivity contribution in [3.8, 4) is 0 Å². The van der Waals surface area contributed by atoms with E-state index >= 15 is 0 Å². The van der Waals surface area contributed by atoms with Gasteiger partial charge in [0.05, 0.1) is 0 Å². The zero-order valence-corrected chi connectivity index (χ0v) is 33.1. The Hall–Kier alpha value is -5.85. The van der Waals surface area contributed by atoms with Crippen molar-refractivity contribution >= 4 is 64.0 Å². The molecule has 0 aliphatic heterocycles. The van der Waals surface area contributed by atoms with Crippen LogP contribution in [0.1, 0.15) is 85.1 Å². The van der Waals surface area contributed by atoms with Gasteiger partial charge in [0.25, 0.3) is 0 Å². The number of aliphatic carboxylic acids is 2. The van der Waals surface area contributed by atoms with Crippen LogP contribution in [0.5, 0.6) is 0 Å². The molecule has 0 aliphatic carbocycles. The van der Waals surface area contributed by atoms with Gasteiger partial charge in [0.15, 0.2) is 0 Å². The van der Waals surface area contributed by atoms with Crippen LogP contribution in [0, 0.1) is 18.8 Å². The number of carbonyl (C=O) groups is 8. The van der Waals surface area contributed by atoms with Gasteiger partial charge in [-0.2, -0.15) is 0 Å². The van der Waals surface area contributed by atoms with Gasteiger partial charge < -0.3 is 52.3 Å². The minimum absolute atomic E-state index is 0.197. The molecule has 0 fully saturated rings. The highest BCUT2D eigenvalue weighted by Gasteiger charge is 2.35. The number of aryl methyl sites for hydroxylation is 1. The molecular weight excluding hydrogens is 746 g/mol. The third kappa shape index (κ3) is 15.7. The zero-order chi connectivity index (χ0) is 43.0. The normalized spacial score (nSPS) is 13.8. The van der Waals surface area contributed by atoms with Crippen molar-refractivity contribution in [1.82, 2.24) is 26.6 Å². The van der Waals surface area contributed by atoms with Crippen molar-refractivity contribution in [2.75, 3.05) is 11.9 Å². The fourth-order valence-electron chi connectivity index (χ4n) is 5.81. The summed E-state index contributed by atoms with van der Waals surface area (Å²) in [4.78, 5) is 114. The first kappa shape index (κ1) is 47.3. The molecule has 2 aromatic rings. The number of carboxylic acid groups (broad SMARTS) is 2. The van der Waals surface area contributed by atoms with Gasteiger partial charge in [-0.15, -0.1) is 0 Å². The molecule has 1 aromatic heterocycles. The fraction of sp³-hybridized carbons (Fsp3) is 0.553. The van der Waals surface area contributed by atoms with E-state index in [1.54, 1.807) is 46.8 Å². The van der Waals surface area contributed by atoms with Crippen LogP contribution in [-0.2, 0) is 38.4 Å². The maximum Gasteiger partial charge on any atom is 0.336 e. The number of benzene rings is 1. The second-order valence-corrected chi connectivity index (χ2v) is 14.4. The highest BCUT2D eigenvalue weighted by Crippen LogP contribution is 2.21. The van der Waals surface area contributed by atoms with Gasteiger partial charge in [0, 0.05) is 43.0 Å². The number of fused-ring (bicyclic) bond motifs is 1. The summed E-state index contributed by atoms with van der Waals surface area (Å²) in [5.74, 6) is -8.22. The Balaban J connectivity index is 2.28. The number of nitrogens with two attached hydrogens (primary N) is 1. The van der Waals surface area contributed by atoms with E-state index in [4.69, 9.17) is 15.3 Å². The Morgan fingerprint density at radius 1 is 0.667 bits per heavy atom. The molecule has 5 atom stereocenters. The topological polar surface area (TPSA) is 305 Å². The number of carbonyl (C=O) groups excluding carboxylic acids is 6. The smallest absolute Gasteiger partial charge is 0.336 e. The SMILES string of the molecule is CC(=O)NC(CCC(=O)O)C(=O)NC(CCC(=O)O)C(=O)NC(C(=O)NC(C(=O)NC(CCCCN)C(=O)Nc1ccc2c(C)cc(=O)oc2c1)C(C)C)C(C)C. The number of carboxylic acids is 2. The van der Waals surface area contributed by atoms with Gasteiger partial charge in [0.2, 0.25) is 35.4 Å². The standard InChI is InChI=1S/C38H55N7O12/c1-19(2)32(37(55)43-25(9-7-8-16-39)34(52)41-23-10-11-24-21(5)17-31(51)57-28(24)18-23)45-38(56)33(20(3)4)44-36(54)27(13-15-30(49)50)42-35(53)26(40-22(6)46)12-14-29(47)48/h10-11,17-20,25-27,32-33H,7-9,12-16,39H2,1-6H3,(H,40,46)(H,41,52)(H,42,53)(H,43,55)(H,44,54)(H,45,56)(H,47,48)(H,49,50). The zero-order valence-electron chi connectivity index (χ0n) is 33.1. The first-order chi connectivity index (χ1) is 26.7. The van der Waals surface area contributed by atoms with E-state index in [0.717, 1.165) is 6.92 Å². The summed E-state index contributed by atoms with van der Waals surface area (Å²) < 4.78 is 5.28. The molecule has 0 spiro atoms. The minimum atomic E-state index is -1.51. The molecule has 314 valence electrons. The third-order valence-corrected chi connectivity index (χ3v) is 8.91. The van der Waals surface area contributed by atoms with E-state index in [1.807, 2.05) is 0 Å². The predicted octanol–water partition coefficient (Wildman–Crippen LogP) is 0.654. The van der Waals surface area contributed by atoms with Crippen LogP contribution >= 0.6 is 0 Å². The lowest BCUT2D eigenvalue weighted by molar-refractivity contribution is -0.140. The molecule has 0 radical (unpaired) electrons. The molecule has 10 N–H and O–H groups in total. The molecule has 0 bridgehead atoms. The predicted molar refractivity (Wildman–Crippen MR) is 207 cm³/mol. The van der Waals surface area contributed by atoms with Gasteiger partial charge >= 0.3 is 17.6 Å². The summed E-state index contributed by atoms with van der Waals surface area (Å²) in [5, 5.41) is 34.3. The van der Waals surface area contributed by atoms with Crippen molar-refractivity contribution in [3.05, 3.63) is 40.2 Å². The molecule has 0 saturated carbocycles. The van der Waals surface area contributed by atoms with Gasteiger partial charge in [0.1, 0.15) is 35.8 Å². The number of rotatable bonds is 23. The van der Waals surface area contributed by atoms with Crippen molar-refractivity contribution < 1.29 is 53.0 Å².